The van der Waals surface area contributed by atoms with Crippen LogP contribution in [0.3, 0.4) is 0 Å². The maximum atomic E-state index is 14.6. The number of hydrogen-bond acceptors (Lipinski definition) is 13. The van der Waals surface area contributed by atoms with E-state index >= 15 is 0 Å². The zero-order chi connectivity index (χ0) is 62.5. The highest BCUT2D eigenvalue weighted by atomic mass is 31.0. The summed E-state index contributed by atoms with van der Waals surface area (Å²) in [6.45, 7) is 14.2. The number of hydrogen-bond donors (Lipinski definition) is 8. The van der Waals surface area contributed by atoms with Crippen molar-refractivity contribution in [3.05, 3.63) is 70.8 Å². The van der Waals surface area contributed by atoms with Gasteiger partial charge in [0, 0.05) is 76.0 Å². The number of fused-ring (bicyclic) bond motifs is 2. The largest absolute Gasteiger partial charge is 0.356 e. The van der Waals surface area contributed by atoms with Crippen molar-refractivity contribution in [2.24, 2.45) is 23.0 Å². The highest BCUT2D eigenvalue weighted by Gasteiger charge is 2.47. The molecule has 0 spiro atoms. The van der Waals surface area contributed by atoms with Gasteiger partial charge in [0.25, 0.3) is 0 Å². The van der Waals surface area contributed by atoms with Gasteiger partial charge in [-0.05, 0) is 154 Å². The van der Waals surface area contributed by atoms with Crippen LogP contribution in [0.2, 0.25) is 0 Å². The van der Waals surface area contributed by atoms with E-state index in [2.05, 4.69) is 73.2 Å². The first-order valence-corrected chi connectivity index (χ1v) is 30.5. The number of alkyl halides is 1. The molecule has 22 heteroatoms. The number of carbonyl (C=O) groups excluding carboxylic acids is 8. The number of likely N-dealkylation sites (N-methyl/N-ethyl adjacent to an activating group) is 4. The van der Waals surface area contributed by atoms with E-state index in [-0.39, 0.29) is 114 Å². The molecule has 20 nitrogen and oxygen atoms in total. The third-order valence-corrected chi connectivity index (χ3v) is 17.5. The summed E-state index contributed by atoms with van der Waals surface area (Å²) in [6, 6.07) is 11.0. The second-order valence-corrected chi connectivity index (χ2v) is 25.1. The third kappa shape index (κ3) is 21.1. The van der Waals surface area contributed by atoms with Crippen molar-refractivity contribution in [3.63, 3.8) is 0 Å². The number of piperazine rings is 1. The highest BCUT2D eigenvalue weighted by molar-refractivity contribution is 6.92. The number of likely N-dealkylation sites (tertiary alicyclic amines) is 1. The monoisotopic (exact) mass is 1210 g/mol. The van der Waals surface area contributed by atoms with Gasteiger partial charge in [0.15, 0.2) is 5.78 Å². The average Bonchev–Trinajstić information content (AvgIpc) is 3.92. The number of benzene rings is 2. The lowest BCUT2D eigenvalue weighted by atomic mass is 9.84. The Labute approximate surface area is 510 Å². The molecule has 2 aromatic carbocycles. The van der Waals surface area contributed by atoms with E-state index in [1.807, 2.05) is 57.2 Å². The van der Waals surface area contributed by atoms with Crippen LogP contribution in [0.5, 0.6) is 0 Å². The van der Waals surface area contributed by atoms with Gasteiger partial charge in [0.2, 0.25) is 41.4 Å². The van der Waals surface area contributed by atoms with E-state index in [0.29, 0.717) is 19.3 Å². The molecule has 85 heavy (non-hydrogen) atoms. The average molecular weight is 1210 g/mol. The summed E-state index contributed by atoms with van der Waals surface area (Å²) >= 11 is 0. The molecule has 5 aliphatic rings. The molecule has 476 valence electrons. The SMILES string of the molecule is CN1CCN(C)CC1.CN[C@@H](C)C(=O)N[C@@H](CCCNC(=O)CCCC(=O)N[C@H]1C[C@@H](C(=O)N[C@@H]2CCCc3ccccc32)N(C(=O)[C@@H](NC(=O)[C@H](C)N(C)C)C(C)(C)C)C1)C(=O)C1C[C@@H](N)C[C@H]1C(=O)N[C@@H]1CCCc2ccccc21.P.[2H]CF. The number of halogens is 1. The number of nitrogens with zero attached hydrogens (tertiary/aromatic N) is 4. The second kappa shape index (κ2) is 34.8. The summed E-state index contributed by atoms with van der Waals surface area (Å²) < 4.78 is 15.5. The summed E-state index contributed by atoms with van der Waals surface area (Å²) in [5, 5.41) is 21.1. The van der Waals surface area contributed by atoms with E-state index in [9.17, 15) is 42.7 Å². The number of aryl methyl sites for hydroxylation is 2. The van der Waals surface area contributed by atoms with Crippen molar-refractivity contribution >= 4 is 57.0 Å². The van der Waals surface area contributed by atoms with Crippen LogP contribution in [-0.4, -0.2) is 191 Å². The number of Topliss-reactive ketones (excluding diaryl/α,β-unsaturated/α-hetero) is 1. The van der Waals surface area contributed by atoms with Crippen LogP contribution in [0, 0.1) is 17.3 Å². The Kier molecular flexibility index (Phi) is 28.8. The summed E-state index contributed by atoms with van der Waals surface area (Å²) in [5.41, 5.74) is 10.2. The van der Waals surface area contributed by atoms with Crippen molar-refractivity contribution in [2.45, 2.75) is 179 Å². The standard InChI is InChI=1S/C56H84N10O8.C6H14N2.CH3F.H3P/c1-33(58-6)51(70)63-45(49(69)41-29-37(57)30-42(41)53(72)61-43-23-13-19-35-17-9-11-21-39(35)43)25-16-28-59-47(67)26-15-27-48(68)60-38-31-46(54(73)62-44-24-14-20-36-18-10-12-22-40(36)44)66(32-38)55(74)50(56(3,4)5)64-52(71)34(2)65(7)8;1-7-3-5-8(2)6-4-7;1-2;/h9-12,17-18,21-22,33-34,37-38,41-46,50,58H,13-16,19-20,23-32,57H2,1-8H3,(H,59,67)(H,60,68)(H,61,72)(H,62,73)(H,63,70)(H,64,71);3-6H2,1-2H3;1H3;1H3/t33-,34-,37+,38-,41?,42+,43+,44+,45-,46-,50+;;;/m0.../s1/i;;1D;. The molecule has 0 radical (unpaired) electrons. The predicted octanol–water partition coefficient (Wildman–Crippen LogP) is 3.53. The Balaban J connectivity index is 0.00000119. The predicted molar refractivity (Wildman–Crippen MR) is 336 cm³/mol. The molecule has 2 aromatic rings. The van der Waals surface area contributed by atoms with Crippen LogP contribution in [0.4, 0.5) is 4.39 Å². The normalized spacial score (nSPS) is 23.6. The number of ketones is 1. The molecule has 1 saturated carbocycles. The van der Waals surface area contributed by atoms with Gasteiger partial charge < -0.3 is 57.7 Å². The van der Waals surface area contributed by atoms with Gasteiger partial charge in [-0.2, -0.15) is 9.90 Å². The maximum Gasteiger partial charge on any atom is 0.246 e. The fourth-order valence-corrected chi connectivity index (χ4v) is 12.0. The Morgan fingerprint density at radius 1 is 0.741 bits per heavy atom. The van der Waals surface area contributed by atoms with Gasteiger partial charge in [0.05, 0.1) is 38.7 Å². The zero-order valence-corrected chi connectivity index (χ0v) is 54.0. The van der Waals surface area contributed by atoms with E-state index in [1.165, 1.54) is 42.2 Å². The van der Waals surface area contributed by atoms with E-state index < -0.39 is 66.6 Å². The zero-order valence-electron chi connectivity index (χ0n) is 53.5. The number of carbonyl (C=O) groups is 8. The minimum Gasteiger partial charge on any atom is -0.356 e. The van der Waals surface area contributed by atoms with E-state index in [4.69, 9.17) is 7.10 Å². The van der Waals surface area contributed by atoms with Gasteiger partial charge >= 0.3 is 0 Å². The lowest BCUT2D eigenvalue weighted by Gasteiger charge is -2.37. The van der Waals surface area contributed by atoms with Crippen molar-refractivity contribution in [2.75, 3.05) is 81.7 Å². The minimum absolute atomic E-state index is 0. The van der Waals surface area contributed by atoms with Gasteiger partial charge in [0.1, 0.15) is 12.1 Å². The van der Waals surface area contributed by atoms with Gasteiger partial charge in [-0.1, -0.05) is 69.3 Å². The number of nitrogens with one attached hydrogen (secondary N) is 7. The van der Waals surface area contributed by atoms with E-state index in [0.717, 1.165) is 49.7 Å². The molecule has 2 unspecified atom stereocenters. The van der Waals surface area contributed by atoms with Crippen LogP contribution in [0.15, 0.2) is 48.5 Å². The third-order valence-electron chi connectivity index (χ3n) is 17.5. The molecule has 3 fully saturated rings. The first kappa shape index (κ1) is 70.3. The fraction of sp³-hybridized carbons (Fsp3) is 0.683. The van der Waals surface area contributed by atoms with Gasteiger partial charge in [-0.15, -0.1) is 0 Å². The van der Waals surface area contributed by atoms with Crippen LogP contribution in [-0.2, 0) is 51.2 Å². The number of nitrogens with two attached hydrogens (primary N) is 1. The summed E-state index contributed by atoms with van der Waals surface area (Å²) in [6.07, 6.45) is 7.04. The van der Waals surface area contributed by atoms with Crippen LogP contribution in [0.25, 0.3) is 0 Å². The van der Waals surface area contributed by atoms with Gasteiger partial charge in [-0.25, -0.2) is 0 Å². The van der Waals surface area contributed by atoms with Crippen molar-refractivity contribution in [3.8, 4) is 0 Å². The fourth-order valence-electron chi connectivity index (χ4n) is 12.0. The lowest BCUT2D eigenvalue weighted by molar-refractivity contribution is -0.144. The molecule has 3 aliphatic carbocycles. The lowest BCUT2D eigenvalue weighted by Crippen LogP contribution is -2.59. The van der Waals surface area contributed by atoms with Gasteiger partial charge in [-0.3, -0.25) is 47.6 Å². The topological polar surface area (TPSA) is 260 Å². The Morgan fingerprint density at radius 3 is 1.81 bits per heavy atom. The molecule has 7 rings (SSSR count). The summed E-state index contributed by atoms with van der Waals surface area (Å²) in [7, 11) is 8.56. The molecule has 9 N–H and O–H groups in total. The van der Waals surface area contributed by atoms with Crippen molar-refractivity contribution in [1.82, 2.24) is 56.8 Å². The number of rotatable bonds is 22. The molecule has 7 amide bonds. The summed E-state index contributed by atoms with van der Waals surface area (Å²) in [5.74, 6) is -3.78. The Hall–Kier alpha value is -5.44. The smallest absolute Gasteiger partial charge is 0.246 e. The minimum atomic E-state index is -1.00. The Bertz CT molecular complexity index is 2540. The molecule has 0 aromatic heterocycles. The summed E-state index contributed by atoms with van der Waals surface area (Å²) in [4.78, 5) is 118. The van der Waals surface area contributed by atoms with Crippen LogP contribution in [0.1, 0.15) is 147 Å². The molecule has 0 bridgehead atoms. The Morgan fingerprint density at radius 2 is 1.27 bits per heavy atom. The first-order valence-electron chi connectivity index (χ1n) is 31.2. The molecule has 2 saturated heterocycles. The number of amides is 7. The highest BCUT2D eigenvalue weighted by Crippen LogP contribution is 2.36. The molecule has 2 heterocycles. The molecular weight excluding hydrogens is 1100 g/mol. The molecule has 2 aliphatic heterocycles. The quantitative estimate of drug-likeness (QED) is 0.0621. The van der Waals surface area contributed by atoms with Crippen molar-refractivity contribution < 1.29 is 44.1 Å². The van der Waals surface area contributed by atoms with Crippen LogP contribution >= 0.6 is 9.90 Å². The molecule has 12 atom stereocenters. The van der Waals surface area contributed by atoms with E-state index in [1.54, 1.807) is 39.9 Å². The van der Waals surface area contributed by atoms with Crippen LogP contribution < -0.4 is 43.0 Å². The second-order valence-electron chi connectivity index (χ2n) is 25.1. The first-order chi connectivity index (χ1) is 40.4. The van der Waals surface area contributed by atoms with Crippen molar-refractivity contribution in [1.29, 1.82) is 0 Å². The maximum absolute atomic E-state index is 14.6. The molecular formula is C63H104FN12O8P.